The van der Waals surface area contributed by atoms with E-state index in [1.54, 1.807) is 18.2 Å². The number of anilines is 1. The fraction of sp³-hybridized carbons (Fsp3) is 0.0526. The van der Waals surface area contributed by atoms with Crippen molar-refractivity contribution in [1.82, 2.24) is 0 Å². The van der Waals surface area contributed by atoms with Crippen LogP contribution in [0.25, 0.3) is 11.3 Å². The lowest BCUT2D eigenvalue weighted by molar-refractivity contribution is -0.132. The first-order valence-electron chi connectivity index (χ1n) is 7.73. The smallest absolute Gasteiger partial charge is 0.308 e. The number of benzene rings is 2. The maximum absolute atomic E-state index is 14.0. The fourth-order valence-corrected chi connectivity index (χ4v) is 2.35. The van der Waals surface area contributed by atoms with E-state index in [9.17, 15) is 23.5 Å². The van der Waals surface area contributed by atoms with Gasteiger partial charge in [-0.25, -0.2) is 8.78 Å². The predicted octanol–water partition coefficient (Wildman–Crippen LogP) is 4.11. The van der Waals surface area contributed by atoms with Gasteiger partial charge < -0.3 is 14.3 Å². The van der Waals surface area contributed by atoms with Crippen molar-refractivity contribution >= 4 is 17.8 Å². The summed E-state index contributed by atoms with van der Waals surface area (Å²) >= 11 is 0. The van der Waals surface area contributed by atoms with Gasteiger partial charge in [-0.1, -0.05) is 18.2 Å². The van der Waals surface area contributed by atoms with Crippen LogP contribution in [-0.4, -0.2) is 17.0 Å². The van der Waals surface area contributed by atoms with Crippen LogP contribution in [0.4, 0.5) is 14.7 Å². The summed E-state index contributed by atoms with van der Waals surface area (Å²) in [4.78, 5) is 23.6. The second kappa shape index (κ2) is 7.28. The molecule has 0 spiro atoms. The van der Waals surface area contributed by atoms with Gasteiger partial charge in [0.25, 0.3) is 5.91 Å². The molecular formula is C19H13F2NO5. The van der Waals surface area contributed by atoms with Crippen LogP contribution in [0, 0.1) is 11.6 Å². The van der Waals surface area contributed by atoms with Gasteiger partial charge in [0.2, 0.25) is 17.4 Å². The lowest BCUT2D eigenvalue weighted by Gasteiger charge is -2.04. The Bertz CT molecular complexity index is 1010. The number of carbonyl (C=O) groups is 2. The average molecular weight is 373 g/mol. The van der Waals surface area contributed by atoms with Crippen LogP contribution in [-0.2, 0) is 4.79 Å². The number of aromatic hydroxyl groups is 1. The molecule has 2 N–H and O–H groups in total. The number of furan rings is 1. The first-order chi connectivity index (χ1) is 12.9. The number of carbonyl (C=O) groups excluding carboxylic acids is 2. The quantitative estimate of drug-likeness (QED) is 0.672. The highest BCUT2D eigenvalue weighted by atomic mass is 19.1. The van der Waals surface area contributed by atoms with Crippen LogP contribution in [0.3, 0.4) is 0 Å². The number of hydrogen-bond donors (Lipinski definition) is 2. The summed E-state index contributed by atoms with van der Waals surface area (Å²) in [5.41, 5.74) is -0.137. The van der Waals surface area contributed by atoms with Gasteiger partial charge in [0.05, 0.1) is 5.56 Å². The number of nitrogens with one attached hydrogen (secondary N) is 1. The minimum atomic E-state index is -0.879. The van der Waals surface area contributed by atoms with E-state index in [0.29, 0.717) is 0 Å². The van der Waals surface area contributed by atoms with Crippen molar-refractivity contribution in [3.63, 3.8) is 0 Å². The highest BCUT2D eigenvalue weighted by Crippen LogP contribution is 2.47. The molecule has 27 heavy (non-hydrogen) atoms. The third-order valence-electron chi connectivity index (χ3n) is 3.52. The summed E-state index contributed by atoms with van der Waals surface area (Å²) in [5.74, 6) is -5.26. The number of halogens is 2. The molecule has 6 nitrogen and oxygen atoms in total. The van der Waals surface area contributed by atoms with Crippen molar-refractivity contribution in [2.24, 2.45) is 0 Å². The molecule has 0 unspecified atom stereocenters. The Balaban J connectivity index is 2.06. The van der Waals surface area contributed by atoms with Gasteiger partial charge >= 0.3 is 5.97 Å². The topological polar surface area (TPSA) is 88.8 Å². The minimum absolute atomic E-state index is 0.264. The molecule has 1 heterocycles. The predicted molar refractivity (Wildman–Crippen MR) is 91.4 cm³/mol. The van der Waals surface area contributed by atoms with Crippen LogP contribution >= 0.6 is 0 Å². The van der Waals surface area contributed by atoms with Crippen molar-refractivity contribution in [2.45, 2.75) is 6.92 Å². The largest absolute Gasteiger partial charge is 0.502 e. The highest BCUT2D eigenvalue weighted by molar-refractivity contribution is 6.05. The van der Waals surface area contributed by atoms with Gasteiger partial charge in [0.1, 0.15) is 11.6 Å². The number of amides is 1. The second-order valence-corrected chi connectivity index (χ2v) is 5.48. The normalized spacial score (nSPS) is 10.5. The monoisotopic (exact) mass is 373 g/mol. The van der Waals surface area contributed by atoms with Gasteiger partial charge in [-0.15, -0.1) is 0 Å². The van der Waals surface area contributed by atoms with E-state index in [0.717, 1.165) is 25.1 Å². The van der Waals surface area contributed by atoms with Crippen molar-refractivity contribution in [2.75, 3.05) is 5.32 Å². The molecule has 2 aromatic carbocycles. The zero-order chi connectivity index (χ0) is 19.6. The molecular weight excluding hydrogens is 360 g/mol. The molecule has 0 fully saturated rings. The summed E-state index contributed by atoms with van der Waals surface area (Å²) in [6.45, 7) is 1.07. The van der Waals surface area contributed by atoms with Crippen molar-refractivity contribution < 1.29 is 32.6 Å². The van der Waals surface area contributed by atoms with E-state index in [1.807, 2.05) is 0 Å². The van der Waals surface area contributed by atoms with Gasteiger partial charge in [-0.3, -0.25) is 14.9 Å². The molecule has 0 aliphatic heterocycles. The molecule has 0 saturated carbocycles. The first kappa shape index (κ1) is 18.1. The van der Waals surface area contributed by atoms with Crippen molar-refractivity contribution in [3.8, 4) is 22.8 Å². The van der Waals surface area contributed by atoms with Gasteiger partial charge in [0, 0.05) is 12.5 Å². The summed E-state index contributed by atoms with van der Waals surface area (Å²) in [5, 5.41) is 12.6. The van der Waals surface area contributed by atoms with Crippen LogP contribution in [0.2, 0.25) is 0 Å². The van der Waals surface area contributed by atoms with E-state index in [2.05, 4.69) is 5.32 Å². The highest BCUT2D eigenvalue weighted by Gasteiger charge is 2.27. The molecule has 0 saturated heterocycles. The SMILES string of the molecule is CC(=O)Oc1c(NC(=O)c2ccccc2)oc(-c2cc(F)ccc2F)c1O. The van der Waals surface area contributed by atoms with Crippen molar-refractivity contribution in [3.05, 3.63) is 65.7 Å². The molecule has 0 bridgehead atoms. The fourth-order valence-electron chi connectivity index (χ4n) is 2.35. The van der Waals surface area contributed by atoms with E-state index >= 15 is 0 Å². The number of ether oxygens (including phenoxy) is 1. The molecule has 0 radical (unpaired) electrons. The third-order valence-corrected chi connectivity index (χ3v) is 3.52. The Kier molecular flexibility index (Phi) is 4.89. The lowest BCUT2D eigenvalue weighted by atomic mass is 10.1. The van der Waals surface area contributed by atoms with Gasteiger partial charge in [0.15, 0.2) is 5.76 Å². The summed E-state index contributed by atoms with van der Waals surface area (Å²) in [6.07, 6.45) is 0. The van der Waals surface area contributed by atoms with Crippen LogP contribution in [0.5, 0.6) is 11.5 Å². The molecule has 1 amide bonds. The average Bonchev–Trinajstić information content (AvgIpc) is 2.93. The second-order valence-electron chi connectivity index (χ2n) is 5.48. The molecule has 1 aromatic heterocycles. The van der Waals surface area contributed by atoms with E-state index < -0.39 is 52.2 Å². The Labute approximate surface area is 152 Å². The van der Waals surface area contributed by atoms with Crippen LogP contribution < -0.4 is 10.1 Å². The van der Waals surface area contributed by atoms with Crippen molar-refractivity contribution in [1.29, 1.82) is 0 Å². The number of rotatable bonds is 4. The molecule has 3 aromatic rings. The Hall–Kier alpha value is -3.68. The lowest BCUT2D eigenvalue weighted by Crippen LogP contribution is -2.12. The number of esters is 1. The zero-order valence-electron chi connectivity index (χ0n) is 14.0. The van der Waals surface area contributed by atoms with E-state index in [1.165, 1.54) is 12.1 Å². The molecule has 0 aliphatic rings. The Morgan fingerprint density at radius 2 is 1.81 bits per heavy atom. The van der Waals surface area contributed by atoms with Gasteiger partial charge in [-0.2, -0.15) is 0 Å². The standard InChI is InChI=1S/C19H13F2NO5/c1-10(23)26-17-15(24)16(13-9-12(20)7-8-14(13)21)27-19(17)22-18(25)11-5-3-2-4-6-11/h2-9,24H,1H3,(H,22,25). The third kappa shape index (κ3) is 3.79. The van der Waals surface area contributed by atoms with E-state index in [-0.39, 0.29) is 5.56 Å². The molecule has 0 aliphatic carbocycles. The van der Waals surface area contributed by atoms with Gasteiger partial charge in [-0.05, 0) is 30.3 Å². The van der Waals surface area contributed by atoms with E-state index in [4.69, 9.17) is 9.15 Å². The number of hydrogen-bond acceptors (Lipinski definition) is 5. The molecule has 0 atom stereocenters. The molecule has 3 rings (SSSR count). The Morgan fingerprint density at radius 1 is 1.11 bits per heavy atom. The molecule has 138 valence electrons. The van der Waals surface area contributed by atoms with Crippen LogP contribution in [0.1, 0.15) is 17.3 Å². The maximum Gasteiger partial charge on any atom is 0.308 e. The summed E-state index contributed by atoms with van der Waals surface area (Å²) < 4.78 is 37.7. The zero-order valence-corrected chi connectivity index (χ0v) is 14.0. The maximum atomic E-state index is 14.0. The first-order valence-corrected chi connectivity index (χ1v) is 7.73. The summed E-state index contributed by atoms with van der Waals surface area (Å²) in [7, 11) is 0. The van der Waals surface area contributed by atoms with Crippen LogP contribution in [0.15, 0.2) is 52.9 Å². The Morgan fingerprint density at radius 3 is 2.48 bits per heavy atom. The summed E-state index contributed by atoms with van der Waals surface area (Å²) in [6, 6.07) is 10.6. The minimum Gasteiger partial charge on any atom is -0.502 e. The molecule has 8 heteroatoms.